The highest BCUT2D eigenvalue weighted by Crippen LogP contribution is 2.68. The SMILES string of the molecule is C.C.O=C1OC(=O)C23CSCC12C1C=CC3O1.O=C1OC(=O)C23CSCC12C1C=CCC3O1.O=C1OC(=O)C2=C1CSC2.c1ccoc1. The van der Waals surface area contributed by atoms with E-state index in [0.29, 0.717) is 52.1 Å². The molecule has 0 aliphatic carbocycles. The van der Waals surface area contributed by atoms with Crippen LogP contribution < -0.4 is 0 Å². The average Bonchev–Trinajstić information content (AvgIpc) is 3.90. The van der Waals surface area contributed by atoms with Gasteiger partial charge in [-0.2, -0.15) is 35.3 Å². The van der Waals surface area contributed by atoms with Crippen molar-refractivity contribution in [3.8, 4) is 0 Å². The molecular weight excluding hydrogens is 685 g/mol. The first-order valence-electron chi connectivity index (χ1n) is 14.6. The summed E-state index contributed by atoms with van der Waals surface area (Å²) in [6.45, 7) is 0. The van der Waals surface area contributed by atoms with Crippen LogP contribution in [0, 0.1) is 21.7 Å². The summed E-state index contributed by atoms with van der Waals surface area (Å²) in [6, 6.07) is 3.67. The van der Waals surface area contributed by atoms with Crippen molar-refractivity contribution in [2.45, 2.75) is 45.7 Å². The van der Waals surface area contributed by atoms with E-state index in [-0.39, 0.29) is 63.1 Å². The Morgan fingerprint density at radius 2 is 1.02 bits per heavy atom. The maximum atomic E-state index is 12.0. The second kappa shape index (κ2) is 12.3. The van der Waals surface area contributed by atoms with Gasteiger partial charge in [0.05, 0.1) is 48.1 Å². The molecule has 1 aromatic heterocycles. The molecule has 0 N–H and O–H groups in total. The van der Waals surface area contributed by atoms with Crippen LogP contribution in [-0.2, 0) is 52.5 Å². The molecule has 0 radical (unpaired) electrons. The molecule has 0 spiro atoms. The van der Waals surface area contributed by atoms with Gasteiger partial charge in [-0.15, -0.1) is 0 Å². The molecule has 0 saturated carbocycles. The van der Waals surface area contributed by atoms with E-state index in [1.807, 2.05) is 36.4 Å². The van der Waals surface area contributed by atoms with E-state index < -0.39 is 33.6 Å². The van der Waals surface area contributed by atoms with E-state index in [1.54, 1.807) is 47.8 Å². The number of fused-ring (bicyclic) bond motifs is 4. The Balaban J connectivity index is 0.000000117. The highest BCUT2D eigenvalue weighted by Gasteiger charge is 2.82. The largest absolute Gasteiger partial charge is 0.473 e. The van der Waals surface area contributed by atoms with Gasteiger partial charge in [0.25, 0.3) is 0 Å². The summed E-state index contributed by atoms with van der Waals surface area (Å²) in [7, 11) is 0. The molecule has 10 aliphatic heterocycles. The fourth-order valence-corrected chi connectivity index (χ4v) is 12.8. The van der Waals surface area contributed by atoms with E-state index in [9.17, 15) is 28.8 Å². The Morgan fingerprint density at radius 3 is 1.52 bits per heavy atom. The number of rotatable bonds is 0. The molecular formula is C33H34O12S3. The summed E-state index contributed by atoms with van der Waals surface area (Å²) >= 11 is 4.90. The Labute approximate surface area is 289 Å². The molecule has 8 unspecified atom stereocenters. The summed E-state index contributed by atoms with van der Waals surface area (Å²) in [5.41, 5.74) is -1.71. The summed E-state index contributed by atoms with van der Waals surface area (Å²) in [5.74, 6) is 1.48. The molecule has 0 amide bonds. The normalized spacial score (nSPS) is 40.4. The number of esters is 6. The van der Waals surface area contributed by atoms with Crippen LogP contribution >= 0.6 is 35.3 Å². The number of furan rings is 1. The number of ether oxygens (including phenoxy) is 5. The van der Waals surface area contributed by atoms with E-state index in [4.69, 9.17) is 18.9 Å². The molecule has 6 saturated heterocycles. The van der Waals surface area contributed by atoms with Crippen molar-refractivity contribution in [2.24, 2.45) is 21.7 Å². The zero-order valence-electron chi connectivity index (χ0n) is 24.0. The summed E-state index contributed by atoms with van der Waals surface area (Å²) in [5, 5.41) is 0. The molecule has 0 aromatic carbocycles. The molecule has 6 fully saturated rings. The molecule has 11 heterocycles. The summed E-state index contributed by atoms with van der Waals surface area (Å²) < 4.78 is 30.2. The molecule has 12 nitrogen and oxygen atoms in total. The van der Waals surface area contributed by atoms with Crippen molar-refractivity contribution in [3.63, 3.8) is 0 Å². The van der Waals surface area contributed by atoms with Crippen molar-refractivity contribution in [1.29, 1.82) is 0 Å². The highest BCUT2D eigenvalue weighted by atomic mass is 32.2. The van der Waals surface area contributed by atoms with Gasteiger partial charge in [-0.05, 0) is 18.6 Å². The van der Waals surface area contributed by atoms with Gasteiger partial charge in [0.1, 0.15) is 21.7 Å². The predicted octanol–water partition coefficient (Wildman–Crippen LogP) is 3.31. The van der Waals surface area contributed by atoms with E-state index in [1.165, 1.54) is 0 Å². The van der Waals surface area contributed by atoms with Gasteiger partial charge in [-0.1, -0.05) is 39.2 Å². The molecule has 1 aromatic rings. The second-order valence-corrected chi connectivity index (χ2v) is 15.2. The van der Waals surface area contributed by atoms with Crippen molar-refractivity contribution >= 4 is 71.1 Å². The van der Waals surface area contributed by atoms with E-state index in [0.717, 1.165) is 0 Å². The van der Waals surface area contributed by atoms with Crippen LogP contribution in [0.1, 0.15) is 21.3 Å². The monoisotopic (exact) mass is 718 g/mol. The number of thioether (sulfide) groups is 3. The standard InChI is InChI=1S/C11H10O4S.C10H8O4S.C6H4O3S.C4H4O.2CH4/c12-8-10-4-16-5-11(10,9(13)15-8)7-3-1-2-6(10)14-7;11-7-9-3-15-4-10(9,8(12)14-7)6-2-1-5(9)13-6;7-5-3-1-10-2-4(3)6(8)9-5;1-2-4-5-3-1;;/h1-2,6-7H,3-5H2;1-2,5-6H,3-4H2;1-2H2;1-4H;2*1H4. The van der Waals surface area contributed by atoms with Crippen LogP contribution in [0.15, 0.2) is 64.5 Å². The molecule has 8 atom stereocenters. The first-order valence-corrected chi connectivity index (χ1v) is 18.1. The third kappa shape index (κ3) is 4.26. The summed E-state index contributed by atoms with van der Waals surface area (Å²) in [6.07, 6.45) is 10.8. The first kappa shape index (κ1) is 34.7. The highest BCUT2D eigenvalue weighted by molar-refractivity contribution is 8.00. The molecule has 48 heavy (non-hydrogen) atoms. The number of carbonyl (C=O) groups is 6. The van der Waals surface area contributed by atoms with Crippen LogP contribution in [0.3, 0.4) is 0 Å². The topological polar surface area (TPSA) is 162 Å². The predicted molar refractivity (Wildman–Crippen MR) is 174 cm³/mol. The van der Waals surface area contributed by atoms with Crippen LogP contribution in [0.25, 0.3) is 0 Å². The van der Waals surface area contributed by atoms with E-state index in [2.05, 4.69) is 9.15 Å². The molecule has 4 bridgehead atoms. The van der Waals surface area contributed by atoms with Crippen molar-refractivity contribution in [1.82, 2.24) is 0 Å². The fourth-order valence-electron chi connectivity index (χ4n) is 8.07. The van der Waals surface area contributed by atoms with Crippen molar-refractivity contribution in [3.05, 3.63) is 60.1 Å². The minimum absolute atomic E-state index is 0. The maximum absolute atomic E-state index is 12.0. The summed E-state index contributed by atoms with van der Waals surface area (Å²) in [4.78, 5) is 69.4. The van der Waals surface area contributed by atoms with Crippen molar-refractivity contribution in [2.75, 3.05) is 34.5 Å². The van der Waals surface area contributed by atoms with Gasteiger partial charge < -0.3 is 28.1 Å². The number of hydrogen-bond acceptors (Lipinski definition) is 15. The minimum Gasteiger partial charge on any atom is -0.473 e. The smallest absolute Gasteiger partial charge is 0.343 e. The van der Waals surface area contributed by atoms with Gasteiger partial charge in [0.2, 0.25) is 0 Å². The van der Waals surface area contributed by atoms with Crippen LogP contribution in [-0.4, -0.2) is 94.7 Å². The lowest BCUT2D eigenvalue weighted by Gasteiger charge is -2.30. The average molecular weight is 719 g/mol. The van der Waals surface area contributed by atoms with Crippen molar-refractivity contribution < 1.29 is 56.9 Å². The fraction of sp³-hybridized carbons (Fsp3) is 0.515. The Kier molecular flexibility index (Phi) is 8.93. The van der Waals surface area contributed by atoms with E-state index >= 15 is 0 Å². The minimum atomic E-state index is -0.730. The molecule has 10 aliphatic rings. The Morgan fingerprint density at radius 1 is 0.562 bits per heavy atom. The van der Waals surface area contributed by atoms with Gasteiger partial charge in [-0.25, -0.2) is 9.59 Å². The Bertz CT molecular complexity index is 1590. The number of carbonyl (C=O) groups excluding carboxylic acids is 6. The zero-order valence-corrected chi connectivity index (χ0v) is 26.5. The maximum Gasteiger partial charge on any atom is 0.343 e. The van der Waals surface area contributed by atoms with Gasteiger partial charge in [0, 0.05) is 34.5 Å². The van der Waals surface area contributed by atoms with Gasteiger partial charge >= 0.3 is 35.8 Å². The Hall–Kier alpha value is -3.11. The van der Waals surface area contributed by atoms with Crippen LogP contribution in [0.4, 0.5) is 0 Å². The number of cyclic esters (lactones) is 6. The number of hydrogen-bond donors (Lipinski definition) is 0. The van der Waals surface area contributed by atoms with Crippen LogP contribution in [0.2, 0.25) is 0 Å². The lowest BCUT2D eigenvalue weighted by Crippen LogP contribution is -2.50. The lowest BCUT2D eigenvalue weighted by molar-refractivity contribution is -0.161. The third-order valence-electron chi connectivity index (χ3n) is 10.4. The third-order valence-corrected chi connectivity index (χ3v) is 14.1. The quantitative estimate of drug-likeness (QED) is 0.166. The lowest BCUT2D eigenvalue weighted by atomic mass is 9.61. The molecule has 11 rings (SSSR count). The zero-order chi connectivity index (χ0) is 31.9. The van der Waals surface area contributed by atoms with Crippen LogP contribution in [0.5, 0.6) is 0 Å². The van der Waals surface area contributed by atoms with Gasteiger partial charge in [-0.3, -0.25) is 19.2 Å². The van der Waals surface area contributed by atoms with Gasteiger partial charge in [0.15, 0.2) is 0 Å². The molecule has 15 heteroatoms. The first-order chi connectivity index (χ1) is 22.2. The molecule has 256 valence electrons. The second-order valence-electron chi connectivity index (χ2n) is 12.2.